The van der Waals surface area contributed by atoms with E-state index in [1.54, 1.807) is 0 Å². The number of unbranched alkanes of at least 4 members (excludes halogenated alkanes) is 1. The first kappa shape index (κ1) is 16.2. The molecule has 0 aromatic carbocycles. The molecule has 0 aromatic rings. The maximum Gasteiger partial charge on any atom is 0.303 e. The van der Waals surface area contributed by atoms with E-state index in [1.807, 2.05) is 6.92 Å². The van der Waals surface area contributed by atoms with Gasteiger partial charge in [-0.2, -0.15) is 12.6 Å². The lowest BCUT2D eigenvalue weighted by Gasteiger charge is -2.15. The molecule has 5 heteroatoms. The molecule has 0 saturated carbocycles. The van der Waals surface area contributed by atoms with Gasteiger partial charge < -0.3 is 15.3 Å². The van der Waals surface area contributed by atoms with Crippen molar-refractivity contribution in [3.05, 3.63) is 0 Å². The predicted octanol–water partition coefficient (Wildman–Crippen LogP) is 0.921. The van der Waals surface area contributed by atoms with Crippen molar-refractivity contribution in [1.82, 2.24) is 0 Å². The van der Waals surface area contributed by atoms with E-state index in [0.717, 1.165) is 12.8 Å². The molecule has 0 radical (unpaired) electrons. The van der Waals surface area contributed by atoms with Gasteiger partial charge in [-0.1, -0.05) is 13.3 Å². The highest BCUT2D eigenvalue weighted by molar-refractivity contribution is 7.80. The summed E-state index contributed by atoms with van der Waals surface area (Å²) in [5, 5.41) is 25.1. The molecule has 1 atom stereocenters. The van der Waals surface area contributed by atoms with Crippen molar-refractivity contribution in [2.45, 2.75) is 38.7 Å². The number of carboxylic acids is 1. The topological polar surface area (TPSA) is 77.8 Å². The van der Waals surface area contributed by atoms with E-state index >= 15 is 0 Å². The molecule has 4 nitrogen and oxygen atoms in total. The van der Waals surface area contributed by atoms with E-state index in [0.29, 0.717) is 12.2 Å². The van der Waals surface area contributed by atoms with E-state index in [1.165, 1.54) is 6.92 Å². The van der Waals surface area contributed by atoms with Crippen LogP contribution < -0.4 is 0 Å². The van der Waals surface area contributed by atoms with Gasteiger partial charge in [-0.3, -0.25) is 4.79 Å². The molecule has 0 heterocycles. The number of aliphatic hydroxyl groups excluding tert-OH is 1. The summed E-state index contributed by atoms with van der Waals surface area (Å²) in [7, 11) is 0. The minimum absolute atomic E-state index is 0.226. The van der Waals surface area contributed by atoms with Gasteiger partial charge in [-0.05, 0) is 13.3 Å². The normalized spacial score (nSPS) is 13.8. The zero-order chi connectivity index (χ0) is 11.6. The molecule has 0 aliphatic heterocycles. The Hall–Kier alpha value is -0.260. The molecule has 0 saturated heterocycles. The van der Waals surface area contributed by atoms with Crippen molar-refractivity contribution in [3.63, 3.8) is 0 Å². The Morgan fingerprint density at radius 3 is 2.07 bits per heavy atom. The van der Waals surface area contributed by atoms with Crippen LogP contribution in [0.15, 0.2) is 0 Å². The summed E-state index contributed by atoms with van der Waals surface area (Å²) >= 11 is 3.77. The molecule has 0 spiro atoms. The van der Waals surface area contributed by atoms with Gasteiger partial charge in [0.15, 0.2) is 0 Å². The molecule has 0 bridgehead atoms. The fourth-order valence-corrected chi connectivity index (χ4v) is 0.478. The summed E-state index contributed by atoms with van der Waals surface area (Å²) < 4.78 is 0. The average Bonchev–Trinajstić information content (AvgIpc) is 2.15. The first-order valence-electron chi connectivity index (χ1n) is 4.55. The third kappa shape index (κ3) is 14.3. The van der Waals surface area contributed by atoms with E-state index in [2.05, 4.69) is 12.6 Å². The quantitative estimate of drug-likeness (QED) is 0.524. The average molecular weight is 224 g/mol. The number of rotatable bonds is 5. The van der Waals surface area contributed by atoms with Crippen molar-refractivity contribution < 1.29 is 20.1 Å². The molecule has 0 aromatic heterocycles. The van der Waals surface area contributed by atoms with Crippen LogP contribution in [-0.2, 0) is 4.79 Å². The summed E-state index contributed by atoms with van der Waals surface area (Å²) in [6.07, 6.45) is 2.08. The van der Waals surface area contributed by atoms with Crippen LogP contribution in [0.25, 0.3) is 0 Å². The zero-order valence-electron chi connectivity index (χ0n) is 8.73. The zero-order valence-corrected chi connectivity index (χ0v) is 9.63. The number of aliphatic hydroxyl groups is 2. The minimum atomic E-state index is -0.997. The van der Waals surface area contributed by atoms with Gasteiger partial charge in [0.25, 0.3) is 0 Å². The molecule has 3 N–H and O–H groups in total. The van der Waals surface area contributed by atoms with Gasteiger partial charge in [-0.15, -0.1) is 0 Å². The Balaban J connectivity index is 0. The summed E-state index contributed by atoms with van der Waals surface area (Å²) in [6, 6.07) is 0. The van der Waals surface area contributed by atoms with Crippen molar-refractivity contribution in [2.24, 2.45) is 0 Å². The Morgan fingerprint density at radius 1 is 1.50 bits per heavy atom. The fraction of sp³-hybridized carbons (Fsp3) is 0.889. The Bertz CT molecular complexity index is 142. The smallest absolute Gasteiger partial charge is 0.303 e. The molecule has 0 aliphatic rings. The maximum absolute atomic E-state index is 9.76. The SMILES string of the molecule is CC(O)(CO)CS.CCCCC(=O)O. The number of hydrogen-bond acceptors (Lipinski definition) is 4. The highest BCUT2D eigenvalue weighted by Gasteiger charge is 2.14. The Labute approximate surface area is 90.4 Å². The molecule has 0 amide bonds. The van der Waals surface area contributed by atoms with Crippen LogP contribution in [-0.4, -0.2) is 39.2 Å². The first-order valence-corrected chi connectivity index (χ1v) is 5.18. The molecule has 86 valence electrons. The van der Waals surface area contributed by atoms with Crippen LogP contribution in [0.5, 0.6) is 0 Å². The van der Waals surface area contributed by atoms with E-state index < -0.39 is 11.6 Å². The lowest BCUT2D eigenvalue weighted by atomic mass is 10.2. The number of carboxylic acid groups (broad SMARTS) is 1. The second-order valence-electron chi connectivity index (χ2n) is 3.31. The van der Waals surface area contributed by atoms with Crippen LogP contribution in [0.3, 0.4) is 0 Å². The molecular formula is C9H20O4S. The second kappa shape index (κ2) is 9.30. The third-order valence-electron chi connectivity index (χ3n) is 1.43. The van der Waals surface area contributed by atoms with Gasteiger partial charge in [-0.25, -0.2) is 0 Å². The summed E-state index contributed by atoms with van der Waals surface area (Å²) in [4.78, 5) is 9.76. The number of thiol groups is 1. The van der Waals surface area contributed by atoms with E-state index in [4.69, 9.17) is 15.3 Å². The van der Waals surface area contributed by atoms with Crippen molar-refractivity contribution in [3.8, 4) is 0 Å². The summed E-state index contributed by atoms with van der Waals surface area (Å²) in [6.45, 7) is 3.28. The van der Waals surface area contributed by atoms with Crippen molar-refractivity contribution in [2.75, 3.05) is 12.4 Å². The molecular weight excluding hydrogens is 204 g/mol. The first-order chi connectivity index (χ1) is 6.39. The predicted molar refractivity (Wildman–Crippen MR) is 58.7 cm³/mol. The second-order valence-corrected chi connectivity index (χ2v) is 3.63. The van der Waals surface area contributed by atoms with Crippen LogP contribution >= 0.6 is 12.6 Å². The van der Waals surface area contributed by atoms with Crippen molar-refractivity contribution in [1.29, 1.82) is 0 Å². The van der Waals surface area contributed by atoms with Crippen LogP contribution in [0.2, 0.25) is 0 Å². The lowest BCUT2D eigenvalue weighted by molar-refractivity contribution is -0.137. The molecule has 0 aliphatic carbocycles. The Morgan fingerprint density at radius 2 is 2.00 bits per heavy atom. The molecule has 1 unspecified atom stereocenters. The van der Waals surface area contributed by atoms with Crippen LogP contribution in [0.4, 0.5) is 0 Å². The van der Waals surface area contributed by atoms with Gasteiger partial charge in [0.1, 0.15) is 0 Å². The monoisotopic (exact) mass is 224 g/mol. The summed E-state index contributed by atoms with van der Waals surface area (Å²) in [5.74, 6) is -0.398. The lowest BCUT2D eigenvalue weighted by Crippen LogP contribution is -2.30. The number of carbonyl (C=O) groups is 1. The van der Waals surface area contributed by atoms with E-state index in [-0.39, 0.29) is 6.61 Å². The molecule has 14 heavy (non-hydrogen) atoms. The number of hydrogen-bond donors (Lipinski definition) is 4. The standard InChI is InChI=1S/C5H10O2.C4H10O2S/c1-2-3-4-5(6)7;1-4(6,2-5)3-7/h2-4H2,1H3,(H,6,7);5-7H,2-3H2,1H3. The minimum Gasteiger partial charge on any atom is -0.481 e. The fourth-order valence-electron chi connectivity index (χ4n) is 0.378. The number of aliphatic carboxylic acids is 1. The van der Waals surface area contributed by atoms with Gasteiger partial charge in [0.2, 0.25) is 0 Å². The van der Waals surface area contributed by atoms with E-state index in [9.17, 15) is 4.79 Å². The maximum atomic E-state index is 9.76. The van der Waals surface area contributed by atoms with Crippen LogP contribution in [0.1, 0.15) is 33.1 Å². The highest BCUT2D eigenvalue weighted by atomic mass is 32.1. The Kier molecular flexibility index (Phi) is 10.7. The van der Waals surface area contributed by atoms with Crippen LogP contribution in [0, 0.1) is 0 Å². The third-order valence-corrected chi connectivity index (χ3v) is 2.11. The summed E-state index contributed by atoms with van der Waals surface area (Å²) in [5.41, 5.74) is -0.997. The van der Waals surface area contributed by atoms with Gasteiger partial charge >= 0.3 is 5.97 Å². The van der Waals surface area contributed by atoms with Crippen molar-refractivity contribution >= 4 is 18.6 Å². The largest absolute Gasteiger partial charge is 0.481 e. The highest BCUT2D eigenvalue weighted by Crippen LogP contribution is 2.01. The van der Waals surface area contributed by atoms with Gasteiger partial charge in [0.05, 0.1) is 12.2 Å². The molecule has 0 fully saturated rings. The van der Waals surface area contributed by atoms with Gasteiger partial charge in [0, 0.05) is 12.2 Å². The molecule has 0 rings (SSSR count).